The maximum absolute atomic E-state index is 12.5. The van der Waals surface area contributed by atoms with E-state index in [1.165, 1.54) is 6.07 Å². The lowest BCUT2D eigenvalue weighted by Crippen LogP contribution is -1.99. The van der Waals surface area contributed by atoms with Gasteiger partial charge in [-0.3, -0.25) is 0 Å². The molecule has 1 aromatic carbocycles. The van der Waals surface area contributed by atoms with Crippen LogP contribution in [0.1, 0.15) is 21.9 Å². The van der Waals surface area contributed by atoms with Gasteiger partial charge in [0.2, 0.25) is 0 Å². The normalized spacial score (nSPS) is 10.9. The van der Waals surface area contributed by atoms with E-state index in [0.717, 1.165) is 0 Å². The second-order valence-electron chi connectivity index (χ2n) is 3.35. The second-order valence-corrected chi connectivity index (χ2v) is 4.81. The minimum Gasteiger partial charge on any atom is -0.476 e. The van der Waals surface area contributed by atoms with Crippen LogP contribution in [0.5, 0.6) is 0 Å². The molecule has 0 unspecified atom stereocenters. The fraction of sp³-hybridized carbons (Fsp3) is 0.0909. The summed E-state index contributed by atoms with van der Waals surface area (Å²) >= 11 is 6.44. The molecule has 1 heterocycles. The molecule has 0 aliphatic heterocycles. The van der Waals surface area contributed by atoms with Gasteiger partial charge in [0.05, 0.1) is 4.88 Å². The number of benzene rings is 1. The number of carbonyl (C=O) groups is 1. The molecule has 0 aliphatic carbocycles. The number of hydrogen-bond acceptors (Lipinski definition) is 3. The highest BCUT2D eigenvalue weighted by atomic mass is 35.5. The van der Waals surface area contributed by atoms with Gasteiger partial charge in [0.25, 0.3) is 6.43 Å². The molecule has 0 saturated carbocycles. The first-order chi connectivity index (χ1) is 8.49. The zero-order valence-corrected chi connectivity index (χ0v) is 10.3. The molecule has 18 heavy (non-hydrogen) atoms. The molecule has 7 heteroatoms. The summed E-state index contributed by atoms with van der Waals surface area (Å²) < 4.78 is 25.1. The number of aromatic nitrogens is 1. The lowest BCUT2D eigenvalue weighted by atomic mass is 10.1. The second kappa shape index (κ2) is 4.99. The van der Waals surface area contributed by atoms with Crippen molar-refractivity contribution in [1.82, 2.24) is 4.98 Å². The maximum atomic E-state index is 12.5. The first-order valence-corrected chi connectivity index (χ1v) is 5.96. The van der Waals surface area contributed by atoms with Gasteiger partial charge < -0.3 is 5.11 Å². The van der Waals surface area contributed by atoms with Crippen LogP contribution in [-0.4, -0.2) is 16.1 Å². The average Bonchev–Trinajstić information content (AvgIpc) is 2.73. The molecule has 1 aromatic heterocycles. The first kappa shape index (κ1) is 12.9. The van der Waals surface area contributed by atoms with Gasteiger partial charge in [-0.25, -0.2) is 18.6 Å². The van der Waals surface area contributed by atoms with E-state index in [1.54, 1.807) is 18.2 Å². The molecule has 0 saturated heterocycles. The van der Waals surface area contributed by atoms with E-state index in [4.69, 9.17) is 16.7 Å². The molecule has 1 N–H and O–H groups in total. The standard InChI is InChI=1S/C11H6ClF2NO2S/c12-6-3-1-2-5(4-6)8-7(11(16)17)15-10(18-8)9(13)14/h1-4,9H,(H,16,17). The van der Waals surface area contributed by atoms with E-state index < -0.39 is 17.4 Å². The van der Waals surface area contributed by atoms with Crippen molar-refractivity contribution in [3.05, 3.63) is 40.0 Å². The largest absolute Gasteiger partial charge is 0.476 e. The number of hydrogen-bond donors (Lipinski definition) is 1. The van der Waals surface area contributed by atoms with Crippen LogP contribution < -0.4 is 0 Å². The van der Waals surface area contributed by atoms with Crippen molar-refractivity contribution in [3.8, 4) is 10.4 Å². The summed E-state index contributed by atoms with van der Waals surface area (Å²) in [4.78, 5) is 14.6. The van der Waals surface area contributed by atoms with Crippen molar-refractivity contribution in [3.63, 3.8) is 0 Å². The number of halogens is 3. The van der Waals surface area contributed by atoms with Crippen LogP contribution in [-0.2, 0) is 0 Å². The average molecular weight is 290 g/mol. The highest BCUT2D eigenvalue weighted by Gasteiger charge is 2.22. The minimum atomic E-state index is -2.79. The Morgan fingerprint density at radius 1 is 1.44 bits per heavy atom. The van der Waals surface area contributed by atoms with Crippen molar-refractivity contribution >= 4 is 28.9 Å². The zero-order valence-electron chi connectivity index (χ0n) is 8.73. The fourth-order valence-electron chi connectivity index (χ4n) is 1.40. The number of aromatic carboxylic acids is 1. The predicted octanol–water partition coefficient (Wildman–Crippen LogP) is 4.10. The first-order valence-electron chi connectivity index (χ1n) is 4.77. The zero-order chi connectivity index (χ0) is 13.3. The molecule has 0 spiro atoms. The van der Waals surface area contributed by atoms with Crippen LogP contribution >= 0.6 is 22.9 Å². The Hall–Kier alpha value is -1.53. The summed E-state index contributed by atoms with van der Waals surface area (Å²) in [6.45, 7) is 0. The van der Waals surface area contributed by atoms with Crippen LogP contribution in [0.3, 0.4) is 0 Å². The monoisotopic (exact) mass is 289 g/mol. The van der Waals surface area contributed by atoms with E-state index in [2.05, 4.69) is 4.98 Å². The summed E-state index contributed by atoms with van der Waals surface area (Å²) in [7, 11) is 0. The highest BCUT2D eigenvalue weighted by molar-refractivity contribution is 7.15. The van der Waals surface area contributed by atoms with E-state index in [-0.39, 0.29) is 10.6 Å². The lowest BCUT2D eigenvalue weighted by molar-refractivity contribution is 0.0691. The van der Waals surface area contributed by atoms with E-state index in [1.807, 2.05) is 0 Å². The van der Waals surface area contributed by atoms with Gasteiger partial charge in [-0.1, -0.05) is 23.7 Å². The number of carboxylic acid groups (broad SMARTS) is 1. The third-order valence-electron chi connectivity index (χ3n) is 2.12. The Bertz CT molecular complexity index is 600. The smallest absolute Gasteiger partial charge is 0.356 e. The van der Waals surface area contributed by atoms with Gasteiger partial charge in [-0.2, -0.15) is 0 Å². The van der Waals surface area contributed by atoms with Crippen molar-refractivity contribution < 1.29 is 18.7 Å². The van der Waals surface area contributed by atoms with Crippen LogP contribution in [0.25, 0.3) is 10.4 Å². The Morgan fingerprint density at radius 3 is 2.72 bits per heavy atom. The van der Waals surface area contributed by atoms with Gasteiger partial charge in [-0.05, 0) is 17.7 Å². The van der Waals surface area contributed by atoms with Crippen molar-refractivity contribution in [1.29, 1.82) is 0 Å². The summed E-state index contributed by atoms with van der Waals surface area (Å²) in [5, 5.41) is 8.84. The molecule has 0 aliphatic rings. The summed E-state index contributed by atoms with van der Waals surface area (Å²) in [6, 6.07) is 6.34. The lowest BCUT2D eigenvalue weighted by Gasteiger charge is -1.99. The molecular weight excluding hydrogens is 284 g/mol. The molecule has 0 atom stereocenters. The fourth-order valence-corrected chi connectivity index (χ4v) is 2.50. The third-order valence-corrected chi connectivity index (χ3v) is 3.47. The number of nitrogens with zero attached hydrogens (tertiary/aromatic N) is 1. The van der Waals surface area contributed by atoms with Crippen molar-refractivity contribution in [2.24, 2.45) is 0 Å². The molecular formula is C11H6ClF2NO2S. The van der Waals surface area contributed by atoms with Crippen LogP contribution in [0.15, 0.2) is 24.3 Å². The number of carboxylic acids is 1. The molecule has 3 nitrogen and oxygen atoms in total. The maximum Gasteiger partial charge on any atom is 0.356 e. The summed E-state index contributed by atoms with van der Waals surface area (Å²) in [5.41, 5.74) is 0.0851. The van der Waals surface area contributed by atoms with Crippen LogP contribution in [0.4, 0.5) is 8.78 Å². The SMILES string of the molecule is O=C(O)c1nc(C(F)F)sc1-c1cccc(Cl)c1. The van der Waals surface area contributed by atoms with Gasteiger partial charge in [0, 0.05) is 5.02 Å². The number of thiazole rings is 1. The van der Waals surface area contributed by atoms with Gasteiger partial charge in [0.1, 0.15) is 0 Å². The number of rotatable bonds is 3. The Morgan fingerprint density at radius 2 is 2.17 bits per heavy atom. The van der Waals surface area contributed by atoms with Crippen molar-refractivity contribution in [2.75, 3.05) is 0 Å². The Balaban J connectivity index is 2.58. The van der Waals surface area contributed by atoms with Gasteiger partial charge >= 0.3 is 5.97 Å². The quantitative estimate of drug-likeness (QED) is 0.925. The molecule has 94 valence electrons. The van der Waals surface area contributed by atoms with E-state index >= 15 is 0 Å². The predicted molar refractivity (Wildman–Crippen MR) is 64.5 cm³/mol. The van der Waals surface area contributed by atoms with Crippen LogP contribution in [0, 0.1) is 0 Å². The Kier molecular flexibility index (Phi) is 3.58. The van der Waals surface area contributed by atoms with Crippen LogP contribution in [0.2, 0.25) is 5.02 Å². The summed E-state index contributed by atoms with van der Waals surface area (Å²) in [5.74, 6) is -1.34. The Labute approximate surface area is 110 Å². The number of alkyl halides is 2. The topological polar surface area (TPSA) is 50.2 Å². The van der Waals surface area contributed by atoms with Gasteiger partial charge in [0.15, 0.2) is 10.7 Å². The minimum absolute atomic E-state index is 0.181. The van der Waals surface area contributed by atoms with E-state index in [0.29, 0.717) is 21.9 Å². The third kappa shape index (κ3) is 2.49. The van der Waals surface area contributed by atoms with Crippen molar-refractivity contribution in [2.45, 2.75) is 6.43 Å². The van der Waals surface area contributed by atoms with Gasteiger partial charge in [-0.15, -0.1) is 11.3 Å². The highest BCUT2D eigenvalue weighted by Crippen LogP contribution is 2.35. The molecule has 0 radical (unpaired) electrons. The molecule has 2 rings (SSSR count). The molecule has 2 aromatic rings. The molecule has 0 fully saturated rings. The summed E-state index contributed by atoms with van der Waals surface area (Å²) in [6.07, 6.45) is -2.79. The molecule has 0 bridgehead atoms. The molecule has 0 amide bonds. The van der Waals surface area contributed by atoms with E-state index in [9.17, 15) is 13.6 Å².